The number of carboxylic acids is 1. The summed E-state index contributed by atoms with van der Waals surface area (Å²) in [6, 6.07) is 7.64. The van der Waals surface area contributed by atoms with Crippen molar-refractivity contribution < 1.29 is 19.9 Å². The van der Waals surface area contributed by atoms with Crippen LogP contribution < -0.4 is 10.8 Å². The molecule has 0 aliphatic carbocycles. The Morgan fingerprint density at radius 3 is 2.22 bits per heavy atom. The van der Waals surface area contributed by atoms with Gasteiger partial charge in [0.2, 0.25) is 5.91 Å². The van der Waals surface area contributed by atoms with Crippen LogP contribution in [-0.2, 0) is 22.6 Å². The van der Waals surface area contributed by atoms with Crippen LogP contribution in [0.3, 0.4) is 0 Å². The van der Waals surface area contributed by atoms with Crippen LogP contribution in [0.5, 0.6) is 0 Å². The molecule has 1 amide bonds. The van der Waals surface area contributed by atoms with Gasteiger partial charge in [-0.1, -0.05) is 38.1 Å². The number of hydrogen-bond donors (Lipinski definition) is 4. The molecule has 1 aromatic carbocycles. The number of aliphatic carboxylic acids is 1. The number of hydrogen-bond acceptors (Lipinski definition) is 4. The van der Waals surface area contributed by atoms with E-state index in [1.165, 1.54) is 0 Å². The molecule has 23 heavy (non-hydrogen) atoms. The molecule has 0 aromatic heterocycles. The van der Waals surface area contributed by atoms with Gasteiger partial charge in [-0.3, -0.25) is 20.1 Å². The third kappa shape index (κ3) is 6.38. The molecule has 0 radical (unpaired) electrons. The predicted octanol–water partition coefficient (Wildman–Crippen LogP) is 2.10. The molecule has 128 valence electrons. The summed E-state index contributed by atoms with van der Waals surface area (Å²) in [5.74, 6) is -0.983. The van der Waals surface area contributed by atoms with E-state index in [1.807, 2.05) is 38.1 Å². The zero-order chi connectivity index (χ0) is 17.5. The Kier molecular flexibility index (Phi) is 7.19. The molecule has 1 unspecified atom stereocenters. The van der Waals surface area contributed by atoms with Crippen molar-refractivity contribution in [1.29, 1.82) is 0 Å². The number of benzene rings is 1. The van der Waals surface area contributed by atoms with E-state index in [2.05, 4.69) is 5.32 Å². The number of rotatable bonds is 9. The van der Waals surface area contributed by atoms with Crippen LogP contribution in [0.2, 0.25) is 0 Å². The maximum atomic E-state index is 11.5. The Morgan fingerprint density at radius 1 is 1.17 bits per heavy atom. The normalized spacial score (nSPS) is 13.6. The first-order chi connectivity index (χ1) is 10.8. The van der Waals surface area contributed by atoms with Crippen LogP contribution in [-0.4, -0.2) is 27.7 Å². The molecule has 0 aliphatic heterocycles. The molecular formula is C17H26N2O4. The molecule has 1 atom stereocenters. The Morgan fingerprint density at radius 2 is 1.74 bits per heavy atom. The van der Waals surface area contributed by atoms with Crippen molar-refractivity contribution in [1.82, 2.24) is 10.8 Å². The van der Waals surface area contributed by atoms with Crippen molar-refractivity contribution in [3.63, 3.8) is 0 Å². The zero-order valence-corrected chi connectivity index (χ0v) is 13.9. The van der Waals surface area contributed by atoms with Crippen molar-refractivity contribution in [3.05, 3.63) is 35.4 Å². The summed E-state index contributed by atoms with van der Waals surface area (Å²) in [7, 11) is 0. The number of carboxylic acid groups (broad SMARTS) is 1. The van der Waals surface area contributed by atoms with E-state index in [9.17, 15) is 14.7 Å². The third-order valence-electron chi connectivity index (χ3n) is 3.76. The van der Waals surface area contributed by atoms with E-state index >= 15 is 0 Å². The van der Waals surface area contributed by atoms with Gasteiger partial charge in [0.25, 0.3) is 0 Å². The molecule has 0 bridgehead atoms. The quantitative estimate of drug-likeness (QED) is 0.412. The molecule has 6 heteroatoms. The average molecular weight is 322 g/mol. The van der Waals surface area contributed by atoms with Crippen molar-refractivity contribution in [3.8, 4) is 0 Å². The smallest absolute Gasteiger partial charge is 0.323 e. The lowest BCUT2D eigenvalue weighted by Gasteiger charge is -2.28. The number of aryl methyl sites for hydroxylation is 1. The molecule has 0 fully saturated rings. The summed E-state index contributed by atoms with van der Waals surface area (Å²) in [5.41, 5.74) is 2.62. The van der Waals surface area contributed by atoms with E-state index < -0.39 is 17.4 Å². The molecule has 1 rings (SSSR count). The van der Waals surface area contributed by atoms with Crippen LogP contribution in [0.15, 0.2) is 24.3 Å². The fourth-order valence-electron chi connectivity index (χ4n) is 2.49. The third-order valence-corrected chi connectivity index (χ3v) is 3.76. The standard InChI is InChI=1S/C17H26N2O4/c1-12(2)10-17(3,16(21)22)18-11-14-6-4-13(5-7-14)8-9-15(20)19-23/h4-7,12,18,23H,8-11H2,1-3H3,(H,19,20)(H,21,22). The van der Waals surface area contributed by atoms with Gasteiger partial charge in [-0.15, -0.1) is 0 Å². The summed E-state index contributed by atoms with van der Waals surface area (Å²) < 4.78 is 0. The van der Waals surface area contributed by atoms with E-state index in [0.29, 0.717) is 19.4 Å². The van der Waals surface area contributed by atoms with Gasteiger partial charge in [0.1, 0.15) is 5.54 Å². The number of nitrogens with one attached hydrogen (secondary N) is 2. The highest BCUT2D eigenvalue weighted by molar-refractivity contribution is 5.78. The Balaban J connectivity index is 2.60. The lowest BCUT2D eigenvalue weighted by molar-refractivity contribution is -0.145. The molecule has 0 saturated heterocycles. The highest BCUT2D eigenvalue weighted by Crippen LogP contribution is 2.18. The van der Waals surface area contributed by atoms with Crippen molar-refractivity contribution >= 4 is 11.9 Å². The van der Waals surface area contributed by atoms with Crippen LogP contribution in [0, 0.1) is 5.92 Å². The lowest BCUT2D eigenvalue weighted by atomic mass is 9.90. The maximum absolute atomic E-state index is 11.5. The fraction of sp³-hybridized carbons (Fsp3) is 0.529. The molecule has 0 saturated carbocycles. The summed E-state index contributed by atoms with van der Waals surface area (Å²) in [6.45, 7) is 6.17. The van der Waals surface area contributed by atoms with Crippen molar-refractivity contribution in [2.75, 3.05) is 0 Å². The van der Waals surface area contributed by atoms with Crippen molar-refractivity contribution in [2.45, 2.75) is 52.1 Å². The van der Waals surface area contributed by atoms with Gasteiger partial charge < -0.3 is 5.11 Å². The predicted molar refractivity (Wildman–Crippen MR) is 87.0 cm³/mol. The van der Waals surface area contributed by atoms with E-state index in [1.54, 1.807) is 12.4 Å². The van der Waals surface area contributed by atoms with Crippen LogP contribution in [0.4, 0.5) is 0 Å². The molecule has 0 aliphatic rings. The number of carbonyl (C=O) groups excluding carboxylic acids is 1. The highest BCUT2D eigenvalue weighted by Gasteiger charge is 2.33. The topological polar surface area (TPSA) is 98.7 Å². The molecule has 0 heterocycles. The highest BCUT2D eigenvalue weighted by atomic mass is 16.5. The van der Waals surface area contributed by atoms with E-state index in [0.717, 1.165) is 11.1 Å². The first-order valence-electron chi connectivity index (χ1n) is 7.76. The van der Waals surface area contributed by atoms with Gasteiger partial charge in [-0.25, -0.2) is 5.48 Å². The second-order valence-corrected chi connectivity index (χ2v) is 6.44. The molecule has 4 N–H and O–H groups in total. The van der Waals surface area contributed by atoms with Crippen LogP contribution in [0.1, 0.15) is 44.7 Å². The van der Waals surface area contributed by atoms with Gasteiger partial charge in [-0.2, -0.15) is 0 Å². The van der Waals surface area contributed by atoms with E-state index in [-0.39, 0.29) is 12.3 Å². The monoisotopic (exact) mass is 322 g/mol. The van der Waals surface area contributed by atoms with Gasteiger partial charge >= 0.3 is 5.97 Å². The van der Waals surface area contributed by atoms with Gasteiger partial charge in [0.15, 0.2) is 0 Å². The number of carbonyl (C=O) groups is 2. The zero-order valence-electron chi connectivity index (χ0n) is 13.9. The second kappa shape index (κ2) is 8.64. The van der Waals surface area contributed by atoms with E-state index in [4.69, 9.17) is 5.21 Å². The minimum Gasteiger partial charge on any atom is -0.480 e. The van der Waals surface area contributed by atoms with Gasteiger partial charge in [0.05, 0.1) is 0 Å². The second-order valence-electron chi connectivity index (χ2n) is 6.44. The molecule has 1 aromatic rings. The Bertz CT molecular complexity index is 528. The summed E-state index contributed by atoms with van der Waals surface area (Å²) in [5, 5.41) is 21.0. The first kappa shape index (κ1) is 19.1. The SMILES string of the molecule is CC(C)CC(C)(NCc1ccc(CCC(=O)NO)cc1)C(=O)O. The van der Waals surface area contributed by atoms with Crippen LogP contribution >= 0.6 is 0 Å². The number of hydroxylamine groups is 1. The average Bonchev–Trinajstić information content (AvgIpc) is 2.50. The lowest BCUT2D eigenvalue weighted by Crippen LogP contribution is -2.49. The van der Waals surface area contributed by atoms with Crippen molar-refractivity contribution in [2.24, 2.45) is 5.92 Å². The summed E-state index contributed by atoms with van der Waals surface area (Å²) in [4.78, 5) is 22.5. The Labute approximate surface area is 136 Å². The molecule has 0 spiro atoms. The molecular weight excluding hydrogens is 296 g/mol. The van der Waals surface area contributed by atoms with Gasteiger partial charge in [-0.05, 0) is 36.8 Å². The fourth-order valence-corrected chi connectivity index (χ4v) is 2.49. The maximum Gasteiger partial charge on any atom is 0.323 e. The minimum absolute atomic E-state index is 0.222. The Hall–Kier alpha value is -1.92. The minimum atomic E-state index is -0.952. The first-order valence-corrected chi connectivity index (χ1v) is 7.76. The number of amides is 1. The molecule has 6 nitrogen and oxygen atoms in total. The van der Waals surface area contributed by atoms with Crippen LogP contribution in [0.25, 0.3) is 0 Å². The largest absolute Gasteiger partial charge is 0.480 e. The van der Waals surface area contributed by atoms with Gasteiger partial charge in [0, 0.05) is 13.0 Å². The summed E-state index contributed by atoms with van der Waals surface area (Å²) in [6.07, 6.45) is 1.32. The summed E-state index contributed by atoms with van der Waals surface area (Å²) >= 11 is 0.